The van der Waals surface area contributed by atoms with Crippen molar-refractivity contribution in [2.24, 2.45) is 5.73 Å². The third-order valence-electron chi connectivity index (χ3n) is 4.06. The second kappa shape index (κ2) is 8.15. The Morgan fingerprint density at radius 2 is 2.14 bits per heavy atom. The Hall–Kier alpha value is -1.59. The van der Waals surface area contributed by atoms with Crippen molar-refractivity contribution in [1.29, 1.82) is 0 Å². The Bertz CT molecular complexity index is 464. The van der Waals surface area contributed by atoms with Crippen molar-refractivity contribution in [2.45, 2.75) is 39.0 Å². The van der Waals surface area contributed by atoms with Crippen LogP contribution in [0.15, 0.2) is 30.3 Å². The van der Waals surface area contributed by atoms with Gasteiger partial charge in [0.05, 0.1) is 0 Å². The van der Waals surface area contributed by atoms with Crippen LogP contribution in [0.1, 0.15) is 25.8 Å². The molecule has 1 fully saturated rings. The van der Waals surface area contributed by atoms with Crippen molar-refractivity contribution in [3.63, 3.8) is 0 Å². The zero-order chi connectivity index (χ0) is 15.9. The van der Waals surface area contributed by atoms with E-state index in [1.807, 2.05) is 49.1 Å². The van der Waals surface area contributed by atoms with Gasteiger partial charge in [0, 0.05) is 38.3 Å². The fourth-order valence-corrected chi connectivity index (χ4v) is 3.00. The van der Waals surface area contributed by atoms with Gasteiger partial charge >= 0.3 is 6.09 Å². The van der Waals surface area contributed by atoms with Crippen LogP contribution in [0.3, 0.4) is 0 Å². The van der Waals surface area contributed by atoms with Crippen LogP contribution in [0.5, 0.6) is 0 Å². The van der Waals surface area contributed by atoms with Gasteiger partial charge in [0.25, 0.3) is 0 Å². The highest BCUT2D eigenvalue weighted by atomic mass is 16.6. The van der Waals surface area contributed by atoms with Crippen LogP contribution in [-0.2, 0) is 11.3 Å². The molecule has 122 valence electrons. The van der Waals surface area contributed by atoms with E-state index in [2.05, 4.69) is 4.90 Å². The Balaban J connectivity index is 1.91. The van der Waals surface area contributed by atoms with Crippen LogP contribution in [0.25, 0.3) is 0 Å². The minimum Gasteiger partial charge on any atom is -0.445 e. The summed E-state index contributed by atoms with van der Waals surface area (Å²) in [7, 11) is 0. The van der Waals surface area contributed by atoms with Gasteiger partial charge in [-0.3, -0.25) is 4.90 Å². The molecule has 1 aromatic rings. The van der Waals surface area contributed by atoms with Gasteiger partial charge < -0.3 is 15.4 Å². The fraction of sp³-hybridized carbons (Fsp3) is 0.588. The number of nitrogens with two attached hydrogens (primary N) is 1. The number of amides is 1. The molecule has 1 aliphatic heterocycles. The molecule has 0 bridgehead atoms. The number of ether oxygens (including phenoxy) is 1. The molecular weight excluding hydrogens is 278 g/mol. The van der Waals surface area contributed by atoms with Crippen molar-refractivity contribution in [3.8, 4) is 0 Å². The molecule has 1 saturated heterocycles. The molecule has 0 unspecified atom stereocenters. The Morgan fingerprint density at radius 1 is 1.41 bits per heavy atom. The highest BCUT2D eigenvalue weighted by Gasteiger charge is 2.32. The van der Waals surface area contributed by atoms with Crippen molar-refractivity contribution in [2.75, 3.05) is 26.2 Å². The molecular formula is C17H27N3O2. The van der Waals surface area contributed by atoms with E-state index in [-0.39, 0.29) is 18.2 Å². The van der Waals surface area contributed by atoms with Gasteiger partial charge in [0.2, 0.25) is 0 Å². The van der Waals surface area contributed by atoms with E-state index < -0.39 is 0 Å². The first-order valence-corrected chi connectivity index (χ1v) is 8.03. The Morgan fingerprint density at radius 3 is 2.77 bits per heavy atom. The number of carbonyl (C=O) groups excluding carboxylic acids is 1. The van der Waals surface area contributed by atoms with Gasteiger partial charge in [0.15, 0.2) is 0 Å². The lowest BCUT2D eigenvalue weighted by molar-refractivity contribution is 0.0685. The smallest absolute Gasteiger partial charge is 0.410 e. The number of rotatable bonds is 6. The first kappa shape index (κ1) is 16.8. The van der Waals surface area contributed by atoms with Crippen molar-refractivity contribution >= 4 is 6.09 Å². The summed E-state index contributed by atoms with van der Waals surface area (Å²) < 4.78 is 5.50. The molecule has 0 aromatic heterocycles. The molecule has 0 aliphatic carbocycles. The summed E-state index contributed by atoms with van der Waals surface area (Å²) in [5.74, 6) is 0. The zero-order valence-electron chi connectivity index (χ0n) is 13.6. The molecule has 1 amide bonds. The van der Waals surface area contributed by atoms with Gasteiger partial charge in [-0.25, -0.2) is 4.79 Å². The molecule has 0 saturated carbocycles. The predicted molar refractivity (Wildman–Crippen MR) is 87.5 cm³/mol. The minimum atomic E-state index is -0.224. The first-order valence-electron chi connectivity index (χ1n) is 8.03. The van der Waals surface area contributed by atoms with E-state index in [0.717, 1.165) is 31.6 Å². The molecule has 1 aromatic carbocycles. The second-order valence-corrected chi connectivity index (χ2v) is 6.07. The molecule has 1 aliphatic rings. The lowest BCUT2D eigenvalue weighted by atomic mass is 10.2. The number of carbonyl (C=O) groups is 1. The van der Waals surface area contributed by atoms with Crippen molar-refractivity contribution < 1.29 is 9.53 Å². The van der Waals surface area contributed by atoms with E-state index in [9.17, 15) is 4.79 Å². The lowest BCUT2D eigenvalue weighted by Gasteiger charge is -2.32. The van der Waals surface area contributed by atoms with Gasteiger partial charge in [-0.1, -0.05) is 30.3 Å². The summed E-state index contributed by atoms with van der Waals surface area (Å²) in [5.41, 5.74) is 6.62. The van der Waals surface area contributed by atoms with E-state index in [0.29, 0.717) is 13.2 Å². The minimum absolute atomic E-state index is 0.131. The van der Waals surface area contributed by atoms with Crippen molar-refractivity contribution in [1.82, 2.24) is 9.80 Å². The molecule has 2 rings (SSSR count). The highest BCUT2D eigenvalue weighted by Crippen LogP contribution is 2.19. The average Bonchev–Trinajstić information content (AvgIpc) is 2.94. The van der Waals surface area contributed by atoms with E-state index in [1.165, 1.54) is 0 Å². The van der Waals surface area contributed by atoms with Gasteiger partial charge in [0.1, 0.15) is 6.61 Å². The summed E-state index contributed by atoms with van der Waals surface area (Å²) in [5, 5.41) is 0. The predicted octanol–water partition coefficient (Wildman–Crippen LogP) is 2.07. The lowest BCUT2D eigenvalue weighted by Crippen LogP contribution is -2.46. The molecule has 22 heavy (non-hydrogen) atoms. The normalized spacial score (nSPS) is 18.6. The summed E-state index contributed by atoms with van der Waals surface area (Å²) in [6.07, 6.45) is 0.761. The quantitative estimate of drug-likeness (QED) is 0.874. The monoisotopic (exact) mass is 305 g/mol. The zero-order valence-corrected chi connectivity index (χ0v) is 13.6. The maximum absolute atomic E-state index is 12.5. The number of hydrogen-bond donors (Lipinski definition) is 1. The topological polar surface area (TPSA) is 58.8 Å². The van der Waals surface area contributed by atoms with Crippen LogP contribution in [0, 0.1) is 0 Å². The van der Waals surface area contributed by atoms with Gasteiger partial charge in [-0.15, -0.1) is 0 Å². The number of likely N-dealkylation sites (tertiary alicyclic amines) is 1. The van der Waals surface area contributed by atoms with E-state index >= 15 is 0 Å². The van der Waals surface area contributed by atoms with Crippen molar-refractivity contribution in [3.05, 3.63) is 35.9 Å². The maximum Gasteiger partial charge on any atom is 0.410 e. The maximum atomic E-state index is 12.5. The number of benzene rings is 1. The molecule has 1 atom stereocenters. The summed E-state index contributed by atoms with van der Waals surface area (Å²) in [6.45, 7) is 7.83. The number of hydrogen-bond acceptors (Lipinski definition) is 4. The largest absolute Gasteiger partial charge is 0.445 e. The van der Waals surface area contributed by atoms with Crippen LogP contribution < -0.4 is 5.73 Å². The summed E-state index contributed by atoms with van der Waals surface area (Å²) in [6, 6.07) is 10.1. The fourth-order valence-electron chi connectivity index (χ4n) is 3.00. The SMILES string of the molecule is CC(C)N(C(=O)OCc1ccccc1)[C@H]1CCN(CCN)C1. The third-order valence-corrected chi connectivity index (χ3v) is 4.06. The van der Waals surface area contributed by atoms with Crippen LogP contribution >= 0.6 is 0 Å². The molecule has 0 spiro atoms. The van der Waals surface area contributed by atoms with Gasteiger partial charge in [-0.2, -0.15) is 0 Å². The molecule has 5 nitrogen and oxygen atoms in total. The standard InChI is InChI=1S/C17H27N3O2/c1-14(2)20(16-8-10-19(12-16)11-9-18)17(21)22-13-15-6-4-3-5-7-15/h3-7,14,16H,8-13,18H2,1-2H3/t16-/m0/s1. The summed E-state index contributed by atoms with van der Waals surface area (Å²) >= 11 is 0. The molecule has 5 heteroatoms. The molecule has 1 heterocycles. The van der Waals surface area contributed by atoms with Crippen LogP contribution in [0.4, 0.5) is 4.79 Å². The average molecular weight is 305 g/mol. The first-order chi connectivity index (χ1) is 10.6. The van der Waals surface area contributed by atoms with Crippen LogP contribution in [0.2, 0.25) is 0 Å². The highest BCUT2D eigenvalue weighted by molar-refractivity contribution is 5.68. The Kier molecular flexibility index (Phi) is 6.21. The van der Waals surface area contributed by atoms with Gasteiger partial charge in [-0.05, 0) is 25.8 Å². The molecule has 2 N–H and O–H groups in total. The Labute approximate surface area is 133 Å². The molecule has 0 radical (unpaired) electrons. The van der Waals surface area contributed by atoms with Crippen LogP contribution in [-0.4, -0.2) is 54.2 Å². The van der Waals surface area contributed by atoms with E-state index in [1.54, 1.807) is 0 Å². The van der Waals surface area contributed by atoms with E-state index in [4.69, 9.17) is 10.5 Å². The second-order valence-electron chi connectivity index (χ2n) is 6.07. The third kappa shape index (κ3) is 4.45. The number of nitrogens with zero attached hydrogens (tertiary/aromatic N) is 2. The summed E-state index contributed by atoms with van der Waals surface area (Å²) in [4.78, 5) is 16.7.